The number of ether oxygens (including phenoxy) is 3. The molecule has 2 rings (SSSR count). The average molecular weight is 368 g/mol. The van der Waals surface area contributed by atoms with Gasteiger partial charge in [0.15, 0.2) is 0 Å². The SMILES string of the molecule is COC(=O)C(C)(C)COc1ccc(Oc2ccc(C(F)(F)F)cc2)cc1. The molecule has 0 saturated heterocycles. The Morgan fingerprint density at radius 3 is 1.81 bits per heavy atom. The predicted molar refractivity (Wildman–Crippen MR) is 89.3 cm³/mol. The molecule has 0 N–H and O–H groups in total. The highest BCUT2D eigenvalue weighted by Gasteiger charge is 2.30. The van der Waals surface area contributed by atoms with Gasteiger partial charge in [0.2, 0.25) is 0 Å². The molecule has 7 heteroatoms. The van der Waals surface area contributed by atoms with E-state index in [4.69, 9.17) is 14.2 Å². The van der Waals surface area contributed by atoms with E-state index in [0.717, 1.165) is 12.1 Å². The molecule has 0 aliphatic carbocycles. The number of methoxy groups -OCH3 is 1. The van der Waals surface area contributed by atoms with Crippen LogP contribution in [0.2, 0.25) is 0 Å². The predicted octanol–water partition coefficient (Wildman–Crippen LogP) is 5.08. The van der Waals surface area contributed by atoms with E-state index in [2.05, 4.69) is 0 Å². The van der Waals surface area contributed by atoms with E-state index in [9.17, 15) is 18.0 Å². The van der Waals surface area contributed by atoms with E-state index in [1.165, 1.54) is 19.2 Å². The molecule has 0 heterocycles. The fourth-order valence-corrected chi connectivity index (χ4v) is 2.05. The molecule has 0 aromatic heterocycles. The monoisotopic (exact) mass is 368 g/mol. The van der Waals surface area contributed by atoms with Crippen molar-refractivity contribution in [2.45, 2.75) is 20.0 Å². The Labute approximate surface area is 149 Å². The van der Waals surface area contributed by atoms with E-state index in [1.807, 2.05) is 0 Å². The molecule has 0 fully saturated rings. The summed E-state index contributed by atoms with van der Waals surface area (Å²) in [6.45, 7) is 3.56. The molecule has 4 nitrogen and oxygen atoms in total. The highest BCUT2D eigenvalue weighted by Crippen LogP contribution is 2.31. The molecule has 0 saturated carbocycles. The van der Waals surface area contributed by atoms with E-state index in [-0.39, 0.29) is 12.6 Å². The van der Waals surface area contributed by atoms with Gasteiger partial charge in [-0.2, -0.15) is 13.2 Å². The van der Waals surface area contributed by atoms with Crippen LogP contribution in [0.25, 0.3) is 0 Å². The molecule has 26 heavy (non-hydrogen) atoms. The molecule has 0 aliphatic heterocycles. The maximum atomic E-state index is 12.5. The zero-order valence-electron chi connectivity index (χ0n) is 14.6. The first kappa shape index (κ1) is 19.6. The van der Waals surface area contributed by atoms with Gasteiger partial charge in [-0.15, -0.1) is 0 Å². The van der Waals surface area contributed by atoms with Crippen molar-refractivity contribution in [1.82, 2.24) is 0 Å². The van der Waals surface area contributed by atoms with Crippen molar-refractivity contribution in [3.63, 3.8) is 0 Å². The van der Waals surface area contributed by atoms with Crippen molar-refractivity contribution in [2.75, 3.05) is 13.7 Å². The second-order valence-electron chi connectivity index (χ2n) is 6.26. The smallest absolute Gasteiger partial charge is 0.416 e. The van der Waals surface area contributed by atoms with Crippen molar-refractivity contribution in [3.8, 4) is 17.2 Å². The minimum absolute atomic E-state index is 0.138. The second kappa shape index (κ2) is 7.68. The normalized spacial score (nSPS) is 11.8. The summed E-state index contributed by atoms with van der Waals surface area (Å²) in [6, 6.07) is 11.0. The molecule has 0 bridgehead atoms. The Morgan fingerprint density at radius 2 is 1.35 bits per heavy atom. The van der Waals surface area contributed by atoms with Crippen molar-refractivity contribution < 1.29 is 32.2 Å². The zero-order valence-corrected chi connectivity index (χ0v) is 14.6. The summed E-state index contributed by atoms with van der Waals surface area (Å²) in [7, 11) is 1.32. The summed E-state index contributed by atoms with van der Waals surface area (Å²) in [6.07, 6.45) is -4.38. The van der Waals surface area contributed by atoms with Crippen LogP contribution >= 0.6 is 0 Å². The standard InChI is InChI=1S/C19H19F3O4/c1-18(2,17(23)24-3)12-25-14-8-10-16(11-9-14)26-15-6-4-13(5-7-15)19(20,21)22/h4-11H,12H2,1-3H3. The third-order valence-corrected chi connectivity index (χ3v) is 3.58. The van der Waals surface area contributed by atoms with Crippen LogP contribution in [0.4, 0.5) is 13.2 Å². The molecule has 140 valence electrons. The Kier molecular flexibility index (Phi) is 5.79. The lowest BCUT2D eigenvalue weighted by molar-refractivity contribution is -0.152. The van der Waals surface area contributed by atoms with Gasteiger partial charge in [0.05, 0.1) is 18.1 Å². The van der Waals surface area contributed by atoms with Crippen LogP contribution in [0.3, 0.4) is 0 Å². The molecular formula is C19H19F3O4. The summed E-state index contributed by atoms with van der Waals surface area (Å²) >= 11 is 0. The number of hydrogen-bond acceptors (Lipinski definition) is 4. The lowest BCUT2D eigenvalue weighted by Gasteiger charge is -2.21. The third-order valence-electron chi connectivity index (χ3n) is 3.58. The van der Waals surface area contributed by atoms with Crippen LogP contribution in [0, 0.1) is 5.41 Å². The van der Waals surface area contributed by atoms with E-state index >= 15 is 0 Å². The fourth-order valence-electron chi connectivity index (χ4n) is 2.05. The molecule has 0 unspecified atom stereocenters. The number of rotatable bonds is 6. The van der Waals surface area contributed by atoms with Crippen LogP contribution in [-0.2, 0) is 15.7 Å². The van der Waals surface area contributed by atoms with Gasteiger partial charge in [-0.1, -0.05) is 0 Å². The number of benzene rings is 2. The molecule has 2 aromatic carbocycles. The minimum Gasteiger partial charge on any atom is -0.492 e. The number of alkyl halides is 3. The van der Waals surface area contributed by atoms with Crippen molar-refractivity contribution in [2.24, 2.45) is 5.41 Å². The number of hydrogen-bond donors (Lipinski definition) is 0. The van der Waals surface area contributed by atoms with Gasteiger partial charge in [0.1, 0.15) is 23.9 Å². The van der Waals surface area contributed by atoms with Crippen LogP contribution in [0.15, 0.2) is 48.5 Å². The summed E-state index contributed by atoms with van der Waals surface area (Å²) in [5.41, 5.74) is -1.52. The lowest BCUT2D eigenvalue weighted by atomic mass is 9.95. The van der Waals surface area contributed by atoms with Gasteiger partial charge in [0, 0.05) is 0 Å². The van der Waals surface area contributed by atoms with Crippen LogP contribution in [0.1, 0.15) is 19.4 Å². The summed E-state index contributed by atoms with van der Waals surface area (Å²) in [5.74, 6) is 0.893. The first-order chi connectivity index (χ1) is 12.1. The average Bonchev–Trinajstić information content (AvgIpc) is 2.60. The van der Waals surface area contributed by atoms with Gasteiger partial charge in [-0.05, 0) is 62.4 Å². The highest BCUT2D eigenvalue weighted by molar-refractivity contribution is 5.75. The van der Waals surface area contributed by atoms with Crippen LogP contribution in [0.5, 0.6) is 17.2 Å². The fraction of sp³-hybridized carbons (Fsp3) is 0.316. The molecule has 0 radical (unpaired) electrons. The van der Waals surface area contributed by atoms with Gasteiger partial charge in [-0.3, -0.25) is 4.79 Å². The maximum Gasteiger partial charge on any atom is 0.416 e. The van der Waals surface area contributed by atoms with E-state index < -0.39 is 17.2 Å². The molecule has 0 spiro atoms. The number of carbonyl (C=O) groups is 1. The Hall–Kier alpha value is -2.70. The first-order valence-corrected chi connectivity index (χ1v) is 7.78. The van der Waals surface area contributed by atoms with Crippen molar-refractivity contribution >= 4 is 5.97 Å². The Morgan fingerprint density at radius 1 is 0.885 bits per heavy atom. The van der Waals surface area contributed by atoms with E-state index in [1.54, 1.807) is 38.1 Å². The maximum absolute atomic E-state index is 12.5. The number of esters is 1. The van der Waals surface area contributed by atoms with Crippen LogP contribution in [-0.4, -0.2) is 19.7 Å². The number of carbonyl (C=O) groups excluding carboxylic acids is 1. The summed E-state index contributed by atoms with van der Waals surface area (Å²) in [5, 5.41) is 0. The van der Waals surface area contributed by atoms with E-state index in [0.29, 0.717) is 17.2 Å². The quantitative estimate of drug-likeness (QED) is 0.668. The number of halogens is 3. The van der Waals surface area contributed by atoms with Gasteiger partial charge < -0.3 is 14.2 Å². The van der Waals surface area contributed by atoms with Crippen LogP contribution < -0.4 is 9.47 Å². The molecule has 2 aromatic rings. The topological polar surface area (TPSA) is 44.8 Å². The third kappa shape index (κ3) is 5.15. The molecule has 0 amide bonds. The Balaban J connectivity index is 1.96. The van der Waals surface area contributed by atoms with Crippen molar-refractivity contribution in [1.29, 1.82) is 0 Å². The summed E-state index contributed by atoms with van der Waals surface area (Å²) in [4.78, 5) is 11.6. The molecule has 0 aliphatic rings. The first-order valence-electron chi connectivity index (χ1n) is 7.78. The molecular weight excluding hydrogens is 349 g/mol. The largest absolute Gasteiger partial charge is 0.492 e. The van der Waals surface area contributed by atoms with Crippen molar-refractivity contribution in [3.05, 3.63) is 54.1 Å². The minimum atomic E-state index is -4.38. The Bertz CT molecular complexity index is 735. The van der Waals surface area contributed by atoms with Gasteiger partial charge >= 0.3 is 12.1 Å². The highest BCUT2D eigenvalue weighted by atomic mass is 19.4. The molecule has 0 atom stereocenters. The van der Waals surface area contributed by atoms with Gasteiger partial charge in [-0.25, -0.2) is 0 Å². The second-order valence-corrected chi connectivity index (χ2v) is 6.26. The zero-order chi connectivity index (χ0) is 19.4. The lowest BCUT2D eigenvalue weighted by Crippen LogP contribution is -2.32. The summed E-state index contributed by atoms with van der Waals surface area (Å²) < 4.78 is 53.4. The van der Waals surface area contributed by atoms with Gasteiger partial charge in [0.25, 0.3) is 0 Å².